The minimum Gasteiger partial charge on any atom is -0.444 e. The second kappa shape index (κ2) is 9.90. The van der Waals surface area contributed by atoms with Gasteiger partial charge in [0.1, 0.15) is 16.9 Å². The molecule has 1 aliphatic heterocycles. The molecular formula is C23H32N8O4. The molecular weight excluding hydrogens is 452 g/mol. The standard InChI is InChI=1S/C23H32N8O4/c1-23(2,3)35-22(34)27-16-5-7-30(8-6-16)18-11-15-12-24-21(28-19(15)29(4)20(18)33)26-17-13-25-31(14-17)9-10-32/h11-14,16,32H,5-10H2,1-4H3,(H,27,34)(H,24,26,28). The first kappa shape index (κ1) is 24.5. The highest BCUT2D eigenvalue weighted by Crippen LogP contribution is 2.22. The Morgan fingerprint density at radius 3 is 2.69 bits per heavy atom. The summed E-state index contributed by atoms with van der Waals surface area (Å²) < 4.78 is 8.48. The summed E-state index contributed by atoms with van der Waals surface area (Å²) in [7, 11) is 1.70. The maximum atomic E-state index is 13.2. The number of anilines is 3. The number of amides is 1. The molecule has 1 amide bonds. The summed E-state index contributed by atoms with van der Waals surface area (Å²) in [5, 5.41) is 19.9. The van der Waals surface area contributed by atoms with E-state index in [4.69, 9.17) is 9.84 Å². The van der Waals surface area contributed by atoms with E-state index in [0.717, 1.165) is 5.39 Å². The number of ether oxygens (including phenoxy) is 1. The van der Waals surface area contributed by atoms with Crippen molar-refractivity contribution in [3.05, 3.63) is 35.0 Å². The molecule has 1 fully saturated rings. The van der Waals surface area contributed by atoms with Gasteiger partial charge in [-0.3, -0.25) is 14.0 Å². The number of aromatic nitrogens is 5. The molecule has 3 aromatic rings. The molecule has 0 unspecified atom stereocenters. The second-order valence-corrected chi connectivity index (χ2v) is 9.61. The summed E-state index contributed by atoms with van der Waals surface area (Å²) in [5.41, 5.74) is 1.10. The zero-order chi connectivity index (χ0) is 25.2. The molecule has 4 heterocycles. The molecule has 3 N–H and O–H groups in total. The lowest BCUT2D eigenvalue weighted by atomic mass is 10.0. The topological polar surface area (TPSA) is 139 Å². The molecule has 0 atom stereocenters. The highest BCUT2D eigenvalue weighted by atomic mass is 16.6. The Balaban J connectivity index is 1.46. The van der Waals surface area contributed by atoms with E-state index < -0.39 is 11.7 Å². The number of rotatable bonds is 6. The third-order valence-corrected chi connectivity index (χ3v) is 5.70. The van der Waals surface area contributed by atoms with Crippen LogP contribution in [0.5, 0.6) is 0 Å². The van der Waals surface area contributed by atoms with Gasteiger partial charge in [-0.1, -0.05) is 0 Å². The Morgan fingerprint density at radius 2 is 2.00 bits per heavy atom. The van der Waals surface area contributed by atoms with Crippen molar-refractivity contribution >= 4 is 34.4 Å². The maximum absolute atomic E-state index is 13.2. The van der Waals surface area contributed by atoms with E-state index in [-0.39, 0.29) is 18.2 Å². The SMILES string of the molecule is Cn1c(=O)c(N2CCC(NC(=O)OC(C)(C)C)CC2)cc2cnc(Nc3cnn(CCO)c3)nc21. The van der Waals surface area contributed by atoms with Crippen LogP contribution in [0.2, 0.25) is 0 Å². The summed E-state index contributed by atoms with van der Waals surface area (Å²) in [6.07, 6.45) is 6.05. The van der Waals surface area contributed by atoms with Gasteiger partial charge in [-0.2, -0.15) is 10.1 Å². The van der Waals surface area contributed by atoms with Gasteiger partial charge in [-0.05, 0) is 39.7 Å². The molecule has 188 valence electrons. The Kier molecular flexibility index (Phi) is 6.92. The predicted octanol–water partition coefficient (Wildman–Crippen LogP) is 1.75. The van der Waals surface area contributed by atoms with Gasteiger partial charge in [0.25, 0.3) is 5.56 Å². The number of pyridine rings is 1. The molecule has 12 nitrogen and oxygen atoms in total. The molecule has 1 saturated heterocycles. The normalized spacial score (nSPS) is 14.8. The minimum absolute atomic E-state index is 0.00380. The smallest absolute Gasteiger partial charge is 0.407 e. The van der Waals surface area contributed by atoms with Crippen LogP contribution in [-0.2, 0) is 18.3 Å². The van der Waals surface area contributed by atoms with E-state index in [2.05, 4.69) is 25.7 Å². The molecule has 0 aromatic carbocycles. The molecule has 35 heavy (non-hydrogen) atoms. The number of aliphatic hydroxyl groups is 1. The van der Waals surface area contributed by atoms with Crippen LogP contribution in [0.15, 0.2) is 29.5 Å². The number of hydrogen-bond donors (Lipinski definition) is 3. The Bertz CT molecular complexity index is 1250. The Hall–Kier alpha value is -3.67. The summed E-state index contributed by atoms with van der Waals surface area (Å²) in [5.74, 6) is 0.345. The average molecular weight is 485 g/mol. The van der Waals surface area contributed by atoms with Crippen molar-refractivity contribution in [1.82, 2.24) is 29.6 Å². The first-order chi connectivity index (χ1) is 16.6. The van der Waals surface area contributed by atoms with Gasteiger partial charge < -0.3 is 25.4 Å². The van der Waals surface area contributed by atoms with Gasteiger partial charge >= 0.3 is 6.09 Å². The van der Waals surface area contributed by atoms with E-state index in [1.165, 1.54) is 4.57 Å². The molecule has 0 bridgehead atoms. The number of piperidine rings is 1. The number of carbonyl (C=O) groups excluding carboxylic acids is 1. The second-order valence-electron chi connectivity index (χ2n) is 9.61. The van der Waals surface area contributed by atoms with Crippen LogP contribution in [0.4, 0.5) is 22.1 Å². The molecule has 4 rings (SSSR count). The van der Waals surface area contributed by atoms with Crippen molar-refractivity contribution in [2.45, 2.75) is 51.8 Å². The Morgan fingerprint density at radius 1 is 1.26 bits per heavy atom. The van der Waals surface area contributed by atoms with E-state index in [9.17, 15) is 9.59 Å². The van der Waals surface area contributed by atoms with Gasteiger partial charge in [0.2, 0.25) is 5.95 Å². The van der Waals surface area contributed by atoms with Crippen LogP contribution in [0.1, 0.15) is 33.6 Å². The zero-order valence-electron chi connectivity index (χ0n) is 20.5. The molecule has 0 aliphatic carbocycles. The van der Waals surface area contributed by atoms with Crippen LogP contribution in [0.25, 0.3) is 11.0 Å². The van der Waals surface area contributed by atoms with Crippen LogP contribution >= 0.6 is 0 Å². The number of aryl methyl sites for hydroxylation is 1. The fraction of sp³-hybridized carbons (Fsp3) is 0.522. The third-order valence-electron chi connectivity index (χ3n) is 5.70. The number of alkyl carbamates (subject to hydrolysis) is 1. The van der Waals surface area contributed by atoms with Crippen LogP contribution in [0, 0.1) is 0 Å². The summed E-state index contributed by atoms with van der Waals surface area (Å²) in [6.45, 7) is 7.17. The first-order valence-corrected chi connectivity index (χ1v) is 11.6. The van der Waals surface area contributed by atoms with Gasteiger partial charge in [0, 0.05) is 44.0 Å². The summed E-state index contributed by atoms with van der Waals surface area (Å²) >= 11 is 0. The number of nitrogens with zero attached hydrogens (tertiary/aromatic N) is 6. The predicted molar refractivity (Wildman–Crippen MR) is 132 cm³/mol. The van der Waals surface area contributed by atoms with Crippen LogP contribution < -0.4 is 21.1 Å². The third kappa shape index (κ3) is 5.88. The van der Waals surface area contributed by atoms with E-state index in [0.29, 0.717) is 55.4 Å². The fourth-order valence-corrected chi connectivity index (χ4v) is 4.04. The van der Waals surface area contributed by atoms with Crippen molar-refractivity contribution in [2.75, 3.05) is 29.9 Å². The van der Waals surface area contributed by atoms with Gasteiger partial charge in [-0.25, -0.2) is 9.78 Å². The van der Waals surface area contributed by atoms with Crippen molar-refractivity contribution in [1.29, 1.82) is 0 Å². The van der Waals surface area contributed by atoms with Gasteiger partial charge in [0.15, 0.2) is 0 Å². The van der Waals surface area contributed by atoms with Crippen molar-refractivity contribution in [3.63, 3.8) is 0 Å². The molecule has 0 saturated carbocycles. The lowest BCUT2D eigenvalue weighted by molar-refractivity contribution is 0.0497. The summed E-state index contributed by atoms with van der Waals surface area (Å²) in [6, 6.07) is 1.83. The molecule has 1 aliphatic rings. The van der Waals surface area contributed by atoms with Crippen molar-refractivity contribution in [2.24, 2.45) is 7.05 Å². The highest BCUT2D eigenvalue weighted by Gasteiger charge is 2.25. The number of fused-ring (bicyclic) bond motifs is 1. The van der Waals surface area contributed by atoms with Crippen LogP contribution in [0.3, 0.4) is 0 Å². The van der Waals surface area contributed by atoms with E-state index >= 15 is 0 Å². The molecule has 12 heteroatoms. The largest absolute Gasteiger partial charge is 0.444 e. The highest BCUT2D eigenvalue weighted by molar-refractivity contribution is 5.79. The van der Waals surface area contributed by atoms with Gasteiger partial charge in [-0.15, -0.1) is 0 Å². The summed E-state index contributed by atoms with van der Waals surface area (Å²) in [4.78, 5) is 36.2. The first-order valence-electron chi connectivity index (χ1n) is 11.6. The molecule has 0 radical (unpaired) electrons. The lowest BCUT2D eigenvalue weighted by Crippen LogP contribution is -2.47. The number of hydrogen-bond acceptors (Lipinski definition) is 9. The van der Waals surface area contributed by atoms with Gasteiger partial charge in [0.05, 0.1) is 25.0 Å². The lowest BCUT2D eigenvalue weighted by Gasteiger charge is -2.34. The zero-order valence-corrected chi connectivity index (χ0v) is 20.5. The quantitative estimate of drug-likeness (QED) is 0.477. The molecule has 3 aromatic heterocycles. The minimum atomic E-state index is -0.540. The number of aliphatic hydroxyl groups excluding tert-OH is 1. The Labute approximate surface area is 202 Å². The maximum Gasteiger partial charge on any atom is 0.407 e. The number of nitrogens with one attached hydrogen (secondary N) is 2. The average Bonchev–Trinajstić information content (AvgIpc) is 3.23. The number of carbonyl (C=O) groups is 1. The van der Waals surface area contributed by atoms with E-state index in [1.807, 2.05) is 31.7 Å². The van der Waals surface area contributed by atoms with Crippen molar-refractivity contribution < 1.29 is 14.6 Å². The monoisotopic (exact) mass is 484 g/mol. The van der Waals surface area contributed by atoms with E-state index in [1.54, 1.807) is 30.3 Å². The molecule has 0 spiro atoms. The van der Waals surface area contributed by atoms with Crippen LogP contribution in [-0.4, -0.2) is 66.9 Å². The van der Waals surface area contributed by atoms with Crippen molar-refractivity contribution in [3.8, 4) is 0 Å². The fourth-order valence-electron chi connectivity index (χ4n) is 4.04.